The first-order chi connectivity index (χ1) is 16.0. The molecule has 5 heteroatoms. The molecule has 4 aromatic carbocycles. The molecule has 0 aliphatic carbocycles. The first kappa shape index (κ1) is 23.7. The second-order valence-corrected chi connectivity index (χ2v) is 14.4. The maximum absolute atomic E-state index is 8.11. The quantitative estimate of drug-likeness (QED) is 0.186. The number of aliphatic imine (C=N–C) groups is 1. The van der Waals surface area contributed by atoms with E-state index in [9.17, 15) is 0 Å². The van der Waals surface area contributed by atoms with Crippen molar-refractivity contribution in [3.63, 3.8) is 0 Å². The average molecular weight is 511 g/mol. The van der Waals surface area contributed by atoms with E-state index in [1.165, 1.54) is 5.54 Å². The Morgan fingerprint density at radius 1 is 0.667 bits per heavy atom. The Labute approximate surface area is 210 Å². The van der Waals surface area contributed by atoms with Crippen LogP contribution in [0.25, 0.3) is 0 Å². The molecule has 0 amide bonds. The predicted octanol–water partition coefficient (Wildman–Crippen LogP) is 7.70. The van der Waals surface area contributed by atoms with Crippen molar-refractivity contribution in [2.45, 2.75) is 6.92 Å². The molecule has 0 bridgehead atoms. The Hall–Kier alpha value is -2.41. The summed E-state index contributed by atoms with van der Waals surface area (Å²) in [5.41, 5.74) is 3.95. The van der Waals surface area contributed by atoms with Gasteiger partial charge in [-0.05, 0) is 0 Å². The molecule has 0 N–H and O–H groups in total. The van der Waals surface area contributed by atoms with Gasteiger partial charge in [0, 0.05) is 0 Å². The zero-order valence-corrected chi connectivity index (χ0v) is 21.2. The normalized spacial score (nSPS) is 13.9. The zero-order chi connectivity index (χ0) is 23.3. The van der Waals surface area contributed by atoms with Crippen LogP contribution in [0.3, 0.4) is 0 Å². The van der Waals surface area contributed by atoms with Crippen molar-refractivity contribution >= 4 is 61.5 Å². The van der Waals surface area contributed by atoms with E-state index >= 15 is 0 Å². The van der Waals surface area contributed by atoms with Crippen LogP contribution in [0.5, 0.6) is 0 Å². The fourth-order valence-electron chi connectivity index (χ4n) is 4.03. The number of halogens is 3. The molecule has 4 rings (SSSR count). The Morgan fingerprint density at radius 3 is 1.42 bits per heavy atom. The summed E-state index contributed by atoms with van der Waals surface area (Å²) in [6.07, 6.45) is 0. The van der Waals surface area contributed by atoms with Crippen LogP contribution in [0.2, 0.25) is 0 Å². The summed E-state index contributed by atoms with van der Waals surface area (Å²) < 4.78 is 0. The molecule has 0 heterocycles. The van der Waals surface area contributed by atoms with Crippen LogP contribution in [0.15, 0.2) is 131 Å². The van der Waals surface area contributed by atoms with Gasteiger partial charge in [0.05, 0.1) is 0 Å². The Balaban J connectivity index is 2.10. The molecule has 0 aliphatic rings. The monoisotopic (exact) mass is 509 g/mol. The summed E-state index contributed by atoms with van der Waals surface area (Å²) >= 11 is 21.5. The van der Waals surface area contributed by atoms with Gasteiger partial charge in [-0.15, -0.1) is 0 Å². The Bertz CT molecular complexity index is 1190. The third-order valence-corrected chi connectivity index (χ3v) is 13.6. The van der Waals surface area contributed by atoms with Gasteiger partial charge >= 0.3 is 211 Å². The van der Waals surface area contributed by atoms with E-state index in [1.54, 1.807) is 0 Å². The van der Waals surface area contributed by atoms with Gasteiger partial charge in [-0.25, -0.2) is 0 Å². The molecule has 0 aliphatic heterocycles. The van der Waals surface area contributed by atoms with Gasteiger partial charge in [-0.1, -0.05) is 0 Å². The number of aryl methyl sites for hydroxylation is 1. The number of benzene rings is 4. The van der Waals surface area contributed by atoms with Crippen LogP contribution >= 0.6 is 40.4 Å². The van der Waals surface area contributed by atoms with Crippen LogP contribution in [0.1, 0.15) is 11.1 Å². The summed E-state index contributed by atoms with van der Waals surface area (Å²) in [7, 11) is 0. The zero-order valence-electron chi connectivity index (χ0n) is 18.1. The molecular weight excluding hydrogens is 488 g/mol. The van der Waals surface area contributed by atoms with Gasteiger partial charge in [0.15, 0.2) is 0 Å². The summed E-state index contributed by atoms with van der Waals surface area (Å²) in [6.45, 7) is 2.03. The van der Waals surface area contributed by atoms with Crippen LogP contribution in [-0.2, 0) is 0 Å². The van der Waals surface area contributed by atoms with Crippen molar-refractivity contribution in [3.05, 3.63) is 137 Å². The molecule has 0 radical (unpaired) electrons. The van der Waals surface area contributed by atoms with E-state index in [0.717, 1.165) is 27.0 Å². The van der Waals surface area contributed by atoms with Crippen molar-refractivity contribution in [2.24, 2.45) is 4.99 Å². The third-order valence-electron chi connectivity index (χ3n) is 5.75. The van der Waals surface area contributed by atoms with Gasteiger partial charge in [-0.3, -0.25) is 0 Å². The standard InChI is InChI=1S/C28H23Cl3NP/c1-22-17-19-23(20-18-22)28(30)32-27(21-29)33(31,24-11-5-2-6-12-24,25-13-7-3-8-14-25)26-15-9-4-10-16-26/h2-21H,1H3/b27-21+,32-28-. The first-order valence-electron chi connectivity index (χ1n) is 10.5. The topological polar surface area (TPSA) is 12.4 Å². The molecule has 166 valence electrons. The molecule has 0 spiro atoms. The van der Waals surface area contributed by atoms with Crippen molar-refractivity contribution in [3.8, 4) is 0 Å². The fourth-order valence-corrected chi connectivity index (χ4v) is 10.7. The molecule has 0 unspecified atom stereocenters. The second-order valence-electron chi connectivity index (χ2n) is 7.75. The minimum atomic E-state index is -3.85. The van der Waals surface area contributed by atoms with E-state index in [-0.39, 0.29) is 0 Å². The van der Waals surface area contributed by atoms with Gasteiger partial charge in [0.2, 0.25) is 0 Å². The van der Waals surface area contributed by atoms with E-state index in [1.807, 2.05) is 122 Å². The van der Waals surface area contributed by atoms with Crippen LogP contribution in [0.4, 0.5) is 0 Å². The number of hydrogen-bond donors (Lipinski definition) is 0. The predicted molar refractivity (Wildman–Crippen MR) is 149 cm³/mol. The van der Waals surface area contributed by atoms with Crippen molar-refractivity contribution in [1.82, 2.24) is 0 Å². The molecule has 0 atom stereocenters. The maximum atomic E-state index is 8.11. The summed E-state index contributed by atoms with van der Waals surface area (Å²) in [6, 6.07) is 38.0. The van der Waals surface area contributed by atoms with Gasteiger partial charge in [-0.2, -0.15) is 0 Å². The fraction of sp³-hybridized carbons (Fsp3) is 0.0357. The van der Waals surface area contributed by atoms with Crippen LogP contribution in [0, 0.1) is 6.92 Å². The number of hydrogen-bond acceptors (Lipinski definition) is 1. The molecule has 1 nitrogen and oxygen atoms in total. The SMILES string of the molecule is Cc1ccc(/C(Cl)=N/C(=C\Cl)P(Cl)(c2ccccc2)(c2ccccc2)c2ccccc2)cc1. The first-order valence-corrected chi connectivity index (χ1v) is 14.5. The number of nitrogens with zero attached hydrogens (tertiary/aromatic N) is 1. The van der Waals surface area contributed by atoms with Gasteiger partial charge in [0.25, 0.3) is 0 Å². The summed E-state index contributed by atoms with van der Waals surface area (Å²) in [5.74, 6) is -3.85. The summed E-state index contributed by atoms with van der Waals surface area (Å²) in [4.78, 5) is 4.91. The van der Waals surface area contributed by atoms with Crippen molar-refractivity contribution in [2.75, 3.05) is 0 Å². The van der Waals surface area contributed by atoms with E-state index < -0.39 is 5.96 Å². The van der Waals surface area contributed by atoms with Gasteiger partial charge in [0.1, 0.15) is 0 Å². The van der Waals surface area contributed by atoms with E-state index in [0.29, 0.717) is 10.6 Å². The van der Waals surface area contributed by atoms with Crippen molar-refractivity contribution in [1.29, 1.82) is 0 Å². The summed E-state index contributed by atoms with van der Waals surface area (Å²) in [5, 5.41) is 3.14. The minimum absolute atomic E-state index is 0.333. The van der Waals surface area contributed by atoms with E-state index in [2.05, 4.69) is 0 Å². The van der Waals surface area contributed by atoms with E-state index in [4.69, 9.17) is 39.4 Å². The molecule has 0 fully saturated rings. The molecule has 0 saturated carbocycles. The number of rotatable bonds is 6. The second kappa shape index (κ2) is 9.84. The van der Waals surface area contributed by atoms with Gasteiger partial charge < -0.3 is 0 Å². The third kappa shape index (κ3) is 4.16. The van der Waals surface area contributed by atoms with Crippen molar-refractivity contribution < 1.29 is 0 Å². The molecule has 0 aromatic heterocycles. The van der Waals surface area contributed by atoms with Crippen LogP contribution < -0.4 is 15.9 Å². The molecule has 0 saturated heterocycles. The molecule has 4 aromatic rings. The Kier molecular flexibility index (Phi) is 7.07. The molecular formula is C28H23Cl3NP. The van der Waals surface area contributed by atoms with Crippen LogP contribution in [-0.4, -0.2) is 5.17 Å². The Morgan fingerprint density at radius 2 is 1.06 bits per heavy atom. The molecule has 33 heavy (non-hydrogen) atoms. The average Bonchev–Trinajstić information content (AvgIpc) is 2.88.